The first-order valence-electron chi connectivity index (χ1n) is 8.88. The number of carbonyl (C=O) groups is 1. The van der Waals surface area contributed by atoms with Crippen LogP contribution in [0.1, 0.15) is 41.4 Å². The lowest BCUT2D eigenvalue weighted by molar-refractivity contribution is 0.102. The normalized spacial score (nSPS) is 11.5. The molecule has 0 spiro atoms. The maximum absolute atomic E-state index is 12.4. The number of sulfonamides is 1. The van der Waals surface area contributed by atoms with Gasteiger partial charge in [0.25, 0.3) is 5.91 Å². The van der Waals surface area contributed by atoms with E-state index < -0.39 is 10.0 Å². The van der Waals surface area contributed by atoms with Gasteiger partial charge in [-0.05, 0) is 60.0 Å². The van der Waals surface area contributed by atoms with E-state index in [2.05, 4.69) is 23.9 Å². The van der Waals surface area contributed by atoms with Crippen LogP contribution in [0.4, 0.5) is 5.69 Å². The van der Waals surface area contributed by atoms with Gasteiger partial charge in [-0.3, -0.25) is 4.79 Å². The molecule has 146 valence electrons. The summed E-state index contributed by atoms with van der Waals surface area (Å²) in [6.45, 7) is 4.25. The highest BCUT2D eigenvalue weighted by atomic mass is 32.2. The van der Waals surface area contributed by atoms with Crippen LogP contribution in [0.2, 0.25) is 0 Å². The molecule has 3 aromatic rings. The molecule has 6 nitrogen and oxygen atoms in total. The van der Waals surface area contributed by atoms with Gasteiger partial charge in [0.05, 0.1) is 17.7 Å². The van der Waals surface area contributed by atoms with Crippen molar-refractivity contribution in [2.75, 3.05) is 5.32 Å². The van der Waals surface area contributed by atoms with E-state index in [0.29, 0.717) is 22.9 Å². The van der Waals surface area contributed by atoms with E-state index in [9.17, 15) is 13.2 Å². The third-order valence-electron chi connectivity index (χ3n) is 4.28. The molecule has 0 aliphatic heterocycles. The number of carbonyl (C=O) groups excluding carboxylic acids is 1. The van der Waals surface area contributed by atoms with Crippen LogP contribution in [-0.2, 0) is 16.6 Å². The Kier molecular flexibility index (Phi) is 5.96. The molecule has 7 heteroatoms. The molecule has 0 bridgehead atoms. The predicted octanol–water partition coefficient (Wildman–Crippen LogP) is 4.13. The highest BCUT2D eigenvalue weighted by Crippen LogP contribution is 2.18. The molecule has 3 rings (SSSR count). The van der Waals surface area contributed by atoms with Gasteiger partial charge in [0.15, 0.2) is 0 Å². The summed E-state index contributed by atoms with van der Waals surface area (Å²) in [6, 6.07) is 16.8. The van der Waals surface area contributed by atoms with Gasteiger partial charge in [0.2, 0.25) is 10.0 Å². The van der Waals surface area contributed by atoms with Gasteiger partial charge in [-0.1, -0.05) is 26.0 Å². The Balaban J connectivity index is 1.64. The van der Waals surface area contributed by atoms with Gasteiger partial charge < -0.3 is 9.73 Å². The molecule has 0 atom stereocenters. The molecular weight excluding hydrogens is 376 g/mol. The monoisotopic (exact) mass is 398 g/mol. The molecule has 1 amide bonds. The van der Waals surface area contributed by atoms with Gasteiger partial charge in [-0.25, -0.2) is 13.1 Å². The second kappa shape index (κ2) is 8.41. The largest absolute Gasteiger partial charge is 0.468 e. The molecule has 28 heavy (non-hydrogen) atoms. The van der Waals surface area contributed by atoms with E-state index in [1.807, 2.05) is 12.1 Å². The fourth-order valence-electron chi connectivity index (χ4n) is 2.60. The van der Waals surface area contributed by atoms with Gasteiger partial charge in [0.1, 0.15) is 5.76 Å². The molecule has 1 heterocycles. The van der Waals surface area contributed by atoms with Crippen molar-refractivity contribution < 1.29 is 17.6 Å². The van der Waals surface area contributed by atoms with Crippen molar-refractivity contribution in [3.63, 3.8) is 0 Å². The van der Waals surface area contributed by atoms with Crippen LogP contribution in [0, 0.1) is 0 Å². The zero-order valence-electron chi connectivity index (χ0n) is 15.7. The number of nitrogens with one attached hydrogen (secondary N) is 2. The van der Waals surface area contributed by atoms with Crippen molar-refractivity contribution in [3.05, 3.63) is 83.8 Å². The van der Waals surface area contributed by atoms with Crippen molar-refractivity contribution in [2.24, 2.45) is 0 Å². The fourth-order valence-corrected chi connectivity index (χ4v) is 3.60. The SMILES string of the molecule is CC(C)c1ccc(C(=O)Nc2ccc(S(=O)(=O)NCc3ccco3)cc2)cc1. The molecule has 0 unspecified atom stereocenters. The van der Waals surface area contributed by atoms with E-state index in [-0.39, 0.29) is 17.3 Å². The number of hydrogen-bond acceptors (Lipinski definition) is 4. The van der Waals surface area contributed by atoms with Crippen LogP contribution in [0.25, 0.3) is 0 Å². The first-order valence-corrected chi connectivity index (χ1v) is 10.4. The average Bonchev–Trinajstić information content (AvgIpc) is 3.21. The van der Waals surface area contributed by atoms with Crippen LogP contribution in [0.3, 0.4) is 0 Å². The maximum Gasteiger partial charge on any atom is 0.255 e. The first kappa shape index (κ1) is 19.9. The number of benzene rings is 2. The number of furan rings is 1. The zero-order valence-corrected chi connectivity index (χ0v) is 16.5. The summed E-state index contributed by atoms with van der Waals surface area (Å²) >= 11 is 0. The number of hydrogen-bond donors (Lipinski definition) is 2. The molecule has 1 aromatic heterocycles. The summed E-state index contributed by atoms with van der Waals surface area (Å²) in [5.74, 6) is 0.672. The number of anilines is 1. The third kappa shape index (κ3) is 4.88. The molecule has 0 saturated carbocycles. The van der Waals surface area contributed by atoms with Crippen molar-refractivity contribution >= 4 is 21.6 Å². The van der Waals surface area contributed by atoms with Crippen LogP contribution < -0.4 is 10.0 Å². The highest BCUT2D eigenvalue weighted by molar-refractivity contribution is 7.89. The highest BCUT2D eigenvalue weighted by Gasteiger charge is 2.15. The summed E-state index contributed by atoms with van der Waals surface area (Å²) in [4.78, 5) is 12.5. The molecule has 2 N–H and O–H groups in total. The van der Waals surface area contributed by atoms with Crippen molar-refractivity contribution in [1.82, 2.24) is 4.72 Å². The van der Waals surface area contributed by atoms with Crippen LogP contribution >= 0.6 is 0 Å². The summed E-state index contributed by atoms with van der Waals surface area (Å²) in [7, 11) is -3.67. The summed E-state index contributed by atoms with van der Waals surface area (Å²) in [5.41, 5.74) is 2.22. The Morgan fingerprint density at radius 3 is 2.25 bits per heavy atom. The second-order valence-corrected chi connectivity index (χ2v) is 8.43. The lowest BCUT2D eigenvalue weighted by atomic mass is 10.0. The molecule has 0 aliphatic rings. The van der Waals surface area contributed by atoms with Crippen molar-refractivity contribution in [1.29, 1.82) is 0 Å². The summed E-state index contributed by atoms with van der Waals surface area (Å²) in [6.07, 6.45) is 1.48. The lowest BCUT2D eigenvalue weighted by Crippen LogP contribution is -2.23. The molecule has 0 radical (unpaired) electrons. The van der Waals surface area contributed by atoms with Gasteiger partial charge in [0, 0.05) is 11.3 Å². The summed E-state index contributed by atoms with van der Waals surface area (Å²) in [5, 5.41) is 2.77. The standard InChI is InChI=1S/C21H22N2O4S/c1-15(2)16-5-7-17(8-6-16)21(24)23-18-9-11-20(12-10-18)28(25,26)22-14-19-4-3-13-27-19/h3-13,15,22H,14H2,1-2H3,(H,23,24). The lowest BCUT2D eigenvalue weighted by Gasteiger charge is -2.09. The Morgan fingerprint density at radius 2 is 1.68 bits per heavy atom. The van der Waals surface area contributed by atoms with E-state index in [0.717, 1.165) is 5.56 Å². The average molecular weight is 398 g/mol. The fraction of sp³-hybridized carbons (Fsp3) is 0.190. The Labute approximate surface area is 164 Å². The third-order valence-corrected chi connectivity index (χ3v) is 5.70. The second-order valence-electron chi connectivity index (χ2n) is 6.66. The van der Waals surface area contributed by atoms with E-state index >= 15 is 0 Å². The summed E-state index contributed by atoms with van der Waals surface area (Å²) < 4.78 is 32.2. The zero-order chi connectivity index (χ0) is 20.1. The van der Waals surface area contributed by atoms with Crippen LogP contribution in [0.15, 0.2) is 76.2 Å². The van der Waals surface area contributed by atoms with Gasteiger partial charge >= 0.3 is 0 Å². The molecule has 0 fully saturated rings. The minimum absolute atomic E-state index is 0.0696. The first-order chi connectivity index (χ1) is 13.3. The predicted molar refractivity (Wildman–Crippen MR) is 108 cm³/mol. The minimum Gasteiger partial charge on any atom is -0.468 e. The van der Waals surface area contributed by atoms with E-state index in [4.69, 9.17) is 4.42 Å². The maximum atomic E-state index is 12.4. The number of rotatable bonds is 7. The molecule has 0 aliphatic carbocycles. The molecule has 0 saturated heterocycles. The van der Waals surface area contributed by atoms with Crippen molar-refractivity contribution in [2.45, 2.75) is 31.2 Å². The Bertz CT molecular complexity index is 1020. The van der Waals surface area contributed by atoms with Crippen LogP contribution in [-0.4, -0.2) is 14.3 Å². The molecular formula is C21H22N2O4S. The quantitative estimate of drug-likeness (QED) is 0.626. The smallest absolute Gasteiger partial charge is 0.255 e. The van der Waals surface area contributed by atoms with Crippen LogP contribution in [0.5, 0.6) is 0 Å². The molecule has 2 aromatic carbocycles. The van der Waals surface area contributed by atoms with E-state index in [1.165, 1.54) is 18.4 Å². The topological polar surface area (TPSA) is 88.4 Å². The Hall–Kier alpha value is -2.90. The van der Waals surface area contributed by atoms with Crippen molar-refractivity contribution in [3.8, 4) is 0 Å². The van der Waals surface area contributed by atoms with Gasteiger partial charge in [-0.15, -0.1) is 0 Å². The van der Waals surface area contributed by atoms with Gasteiger partial charge in [-0.2, -0.15) is 0 Å². The minimum atomic E-state index is -3.67. The Morgan fingerprint density at radius 1 is 1.00 bits per heavy atom. The van der Waals surface area contributed by atoms with E-state index in [1.54, 1.807) is 36.4 Å². The number of amides is 1.